The van der Waals surface area contributed by atoms with E-state index < -0.39 is 0 Å². The summed E-state index contributed by atoms with van der Waals surface area (Å²) in [5.74, 6) is 1.41. The van der Waals surface area contributed by atoms with Crippen molar-refractivity contribution in [2.75, 3.05) is 13.7 Å². The van der Waals surface area contributed by atoms with Gasteiger partial charge in [-0.05, 0) is 24.1 Å². The van der Waals surface area contributed by atoms with Crippen LogP contribution in [-0.2, 0) is 11.3 Å². The van der Waals surface area contributed by atoms with Crippen molar-refractivity contribution in [2.45, 2.75) is 33.2 Å². The molecule has 0 saturated carbocycles. The van der Waals surface area contributed by atoms with Crippen molar-refractivity contribution in [3.63, 3.8) is 0 Å². The summed E-state index contributed by atoms with van der Waals surface area (Å²) in [5, 5.41) is 2.75. The highest BCUT2D eigenvalue weighted by Crippen LogP contribution is 2.28. The van der Waals surface area contributed by atoms with Crippen LogP contribution in [0, 0.1) is 0 Å². The largest absolute Gasteiger partial charge is 0.493 e. The van der Waals surface area contributed by atoms with Crippen molar-refractivity contribution in [1.82, 2.24) is 5.32 Å². The molecule has 1 N–H and O–H groups in total. The number of unbranched alkanes of at least 4 members (excludes halogenated alkanes) is 1. The third-order valence-corrected chi connectivity index (χ3v) is 2.52. The molecule has 0 bridgehead atoms. The first-order chi connectivity index (χ1) is 8.67. The first-order valence-corrected chi connectivity index (χ1v) is 6.21. The van der Waals surface area contributed by atoms with Gasteiger partial charge in [0.05, 0.1) is 13.7 Å². The lowest BCUT2D eigenvalue weighted by Gasteiger charge is -2.12. The molecule has 1 aromatic carbocycles. The summed E-state index contributed by atoms with van der Waals surface area (Å²) in [6.45, 7) is 4.81. The van der Waals surface area contributed by atoms with Crippen LogP contribution in [0.5, 0.6) is 11.5 Å². The average molecular weight is 251 g/mol. The monoisotopic (exact) mass is 251 g/mol. The Bertz CT molecular complexity index is 391. The van der Waals surface area contributed by atoms with E-state index in [0.29, 0.717) is 18.9 Å². The molecule has 0 radical (unpaired) electrons. The first-order valence-electron chi connectivity index (χ1n) is 6.21. The van der Waals surface area contributed by atoms with Gasteiger partial charge in [0, 0.05) is 13.5 Å². The van der Waals surface area contributed by atoms with Gasteiger partial charge in [0.1, 0.15) is 0 Å². The van der Waals surface area contributed by atoms with Crippen molar-refractivity contribution < 1.29 is 14.3 Å². The van der Waals surface area contributed by atoms with Crippen molar-refractivity contribution >= 4 is 5.91 Å². The molecule has 0 atom stereocenters. The Hall–Kier alpha value is -1.71. The van der Waals surface area contributed by atoms with E-state index in [1.807, 2.05) is 18.2 Å². The van der Waals surface area contributed by atoms with Gasteiger partial charge in [-0.25, -0.2) is 0 Å². The van der Waals surface area contributed by atoms with Gasteiger partial charge in [-0.1, -0.05) is 19.4 Å². The third-order valence-electron chi connectivity index (χ3n) is 2.52. The molecule has 0 aliphatic rings. The van der Waals surface area contributed by atoms with Crippen molar-refractivity contribution in [3.8, 4) is 11.5 Å². The topological polar surface area (TPSA) is 47.6 Å². The Morgan fingerprint density at radius 3 is 2.72 bits per heavy atom. The maximum absolute atomic E-state index is 10.8. The van der Waals surface area contributed by atoms with E-state index in [4.69, 9.17) is 9.47 Å². The summed E-state index contributed by atoms with van der Waals surface area (Å²) in [6.07, 6.45) is 2.12. The highest BCUT2D eigenvalue weighted by Gasteiger charge is 2.05. The zero-order valence-corrected chi connectivity index (χ0v) is 11.3. The molecule has 1 aromatic rings. The molecule has 1 rings (SSSR count). The quantitative estimate of drug-likeness (QED) is 0.757. The maximum Gasteiger partial charge on any atom is 0.217 e. The lowest BCUT2D eigenvalue weighted by molar-refractivity contribution is -0.119. The lowest BCUT2D eigenvalue weighted by Crippen LogP contribution is -2.18. The number of hydrogen-bond donors (Lipinski definition) is 1. The van der Waals surface area contributed by atoms with Gasteiger partial charge >= 0.3 is 0 Å². The number of nitrogens with one attached hydrogen (secondary N) is 1. The summed E-state index contributed by atoms with van der Waals surface area (Å²) in [5.41, 5.74) is 0.991. The van der Waals surface area contributed by atoms with Crippen LogP contribution in [-0.4, -0.2) is 19.6 Å². The summed E-state index contributed by atoms with van der Waals surface area (Å²) < 4.78 is 10.9. The molecule has 0 saturated heterocycles. The third kappa shape index (κ3) is 4.65. The molecule has 0 fully saturated rings. The van der Waals surface area contributed by atoms with E-state index in [1.54, 1.807) is 7.11 Å². The number of carbonyl (C=O) groups is 1. The molecule has 4 nitrogen and oxygen atoms in total. The first kappa shape index (κ1) is 14.4. The van der Waals surface area contributed by atoms with Gasteiger partial charge in [0.25, 0.3) is 0 Å². The van der Waals surface area contributed by atoms with E-state index in [2.05, 4.69) is 12.2 Å². The SMILES string of the molecule is CCCCOc1ccc(CNC(C)=O)cc1OC. The second-order valence-corrected chi connectivity index (χ2v) is 4.10. The van der Waals surface area contributed by atoms with Crippen LogP contribution >= 0.6 is 0 Å². The van der Waals surface area contributed by atoms with Crippen LogP contribution in [0.3, 0.4) is 0 Å². The van der Waals surface area contributed by atoms with E-state index in [-0.39, 0.29) is 5.91 Å². The predicted molar refractivity (Wildman–Crippen MR) is 70.9 cm³/mol. The summed E-state index contributed by atoms with van der Waals surface area (Å²) in [6, 6.07) is 5.70. The molecule has 18 heavy (non-hydrogen) atoms. The minimum atomic E-state index is -0.0442. The zero-order chi connectivity index (χ0) is 13.4. The number of hydrogen-bond acceptors (Lipinski definition) is 3. The molecule has 0 aliphatic heterocycles. The lowest BCUT2D eigenvalue weighted by atomic mass is 10.2. The van der Waals surface area contributed by atoms with Gasteiger partial charge in [0.2, 0.25) is 5.91 Å². The molecule has 4 heteroatoms. The molecule has 0 spiro atoms. The molecule has 0 aromatic heterocycles. The van der Waals surface area contributed by atoms with Crippen molar-refractivity contribution in [2.24, 2.45) is 0 Å². The highest BCUT2D eigenvalue weighted by molar-refractivity contribution is 5.72. The molecule has 100 valence electrons. The highest BCUT2D eigenvalue weighted by atomic mass is 16.5. The van der Waals surface area contributed by atoms with E-state index in [1.165, 1.54) is 6.92 Å². The van der Waals surface area contributed by atoms with E-state index >= 15 is 0 Å². The normalized spacial score (nSPS) is 9.94. The standard InChI is InChI=1S/C14H21NO3/c1-4-5-8-18-13-7-6-12(9-14(13)17-3)10-15-11(2)16/h6-7,9H,4-5,8,10H2,1-3H3,(H,15,16). The van der Waals surface area contributed by atoms with Gasteiger partial charge < -0.3 is 14.8 Å². The minimum Gasteiger partial charge on any atom is -0.493 e. The molecule has 0 aliphatic carbocycles. The van der Waals surface area contributed by atoms with E-state index in [9.17, 15) is 4.79 Å². The number of amides is 1. The van der Waals surface area contributed by atoms with Gasteiger partial charge in [-0.3, -0.25) is 4.79 Å². The van der Waals surface area contributed by atoms with Crippen molar-refractivity contribution in [3.05, 3.63) is 23.8 Å². The number of rotatable bonds is 7. The number of benzene rings is 1. The van der Waals surface area contributed by atoms with Crippen LogP contribution in [0.1, 0.15) is 32.3 Å². The Morgan fingerprint density at radius 1 is 1.33 bits per heavy atom. The minimum absolute atomic E-state index is 0.0442. The molecule has 0 heterocycles. The summed E-state index contributed by atoms with van der Waals surface area (Å²) in [4.78, 5) is 10.8. The second kappa shape index (κ2) is 7.58. The second-order valence-electron chi connectivity index (χ2n) is 4.10. The fourth-order valence-electron chi connectivity index (χ4n) is 1.49. The van der Waals surface area contributed by atoms with Crippen molar-refractivity contribution in [1.29, 1.82) is 0 Å². The van der Waals surface area contributed by atoms with Crippen LogP contribution in [0.15, 0.2) is 18.2 Å². The number of methoxy groups -OCH3 is 1. The van der Waals surface area contributed by atoms with Crippen LogP contribution < -0.4 is 14.8 Å². The molecular weight excluding hydrogens is 230 g/mol. The van der Waals surface area contributed by atoms with Gasteiger partial charge in [-0.2, -0.15) is 0 Å². The summed E-state index contributed by atoms with van der Waals surface area (Å²) >= 11 is 0. The Labute approximate surface area is 108 Å². The van der Waals surface area contributed by atoms with Gasteiger partial charge in [-0.15, -0.1) is 0 Å². The smallest absolute Gasteiger partial charge is 0.217 e. The maximum atomic E-state index is 10.8. The molecule has 1 amide bonds. The van der Waals surface area contributed by atoms with Crippen LogP contribution in [0.2, 0.25) is 0 Å². The van der Waals surface area contributed by atoms with Crippen LogP contribution in [0.4, 0.5) is 0 Å². The fourth-order valence-corrected chi connectivity index (χ4v) is 1.49. The zero-order valence-electron chi connectivity index (χ0n) is 11.3. The number of ether oxygens (including phenoxy) is 2. The number of carbonyl (C=O) groups excluding carboxylic acids is 1. The predicted octanol–water partition coefficient (Wildman–Crippen LogP) is 2.51. The fraction of sp³-hybridized carbons (Fsp3) is 0.500. The van der Waals surface area contributed by atoms with E-state index in [0.717, 1.165) is 24.2 Å². The average Bonchev–Trinajstić information content (AvgIpc) is 2.37. The Balaban J connectivity index is 2.66. The molecular formula is C14H21NO3. The van der Waals surface area contributed by atoms with Gasteiger partial charge in [0.15, 0.2) is 11.5 Å². The Morgan fingerprint density at radius 2 is 2.11 bits per heavy atom. The summed E-state index contributed by atoms with van der Waals surface area (Å²) in [7, 11) is 1.62. The van der Waals surface area contributed by atoms with Crippen LogP contribution in [0.25, 0.3) is 0 Å². The molecule has 0 unspecified atom stereocenters. The Kier molecular flexibility index (Phi) is 6.05.